The molecule has 5 nitrogen and oxygen atoms in total. The fourth-order valence-electron chi connectivity index (χ4n) is 4.01. The molecular weight excluding hydrogens is 405 g/mol. The third-order valence-electron chi connectivity index (χ3n) is 5.47. The van der Waals surface area contributed by atoms with E-state index in [4.69, 9.17) is 0 Å². The summed E-state index contributed by atoms with van der Waals surface area (Å²) in [5, 5.41) is 19.3. The highest BCUT2D eigenvalue weighted by molar-refractivity contribution is 7.95. The Bertz CT molecular complexity index is 1130. The van der Waals surface area contributed by atoms with Crippen molar-refractivity contribution in [1.29, 1.82) is 0 Å². The number of hydrogen-bond acceptors (Lipinski definition) is 4. The standard InChI is InChI=1S/C23H22FNO4S/c24-17-11-9-16(10-12-17)5-4-8-22-23(20-14-13-19(26)15-21(20)27)25(30(22,28)29)18-6-2-1-3-7-18/h1-3,6-7,9-15,22-23,26-27H,4-5,8H2. The predicted octanol–water partition coefficient (Wildman–Crippen LogP) is 4.52. The van der Waals surface area contributed by atoms with Crippen LogP contribution in [0.1, 0.15) is 30.0 Å². The van der Waals surface area contributed by atoms with E-state index >= 15 is 0 Å². The molecule has 0 saturated carbocycles. The van der Waals surface area contributed by atoms with E-state index in [2.05, 4.69) is 0 Å². The van der Waals surface area contributed by atoms with E-state index in [9.17, 15) is 23.0 Å². The number of hydrogen-bond donors (Lipinski definition) is 2. The minimum Gasteiger partial charge on any atom is -0.508 e. The molecule has 3 aromatic carbocycles. The largest absolute Gasteiger partial charge is 0.508 e. The summed E-state index contributed by atoms with van der Waals surface area (Å²) in [6.45, 7) is 0. The van der Waals surface area contributed by atoms with E-state index in [1.165, 1.54) is 28.6 Å². The minimum atomic E-state index is -3.60. The van der Waals surface area contributed by atoms with Crippen LogP contribution in [0, 0.1) is 5.82 Å². The second kappa shape index (κ2) is 7.99. The first-order valence-corrected chi connectivity index (χ1v) is 11.2. The van der Waals surface area contributed by atoms with Gasteiger partial charge in [0.05, 0.1) is 11.7 Å². The lowest BCUT2D eigenvalue weighted by Crippen LogP contribution is -2.58. The number of aromatic hydroxyl groups is 2. The summed E-state index contributed by atoms with van der Waals surface area (Å²) in [6.07, 6.45) is 1.63. The van der Waals surface area contributed by atoms with E-state index in [-0.39, 0.29) is 17.3 Å². The molecule has 0 amide bonds. The maximum atomic E-state index is 13.1. The van der Waals surface area contributed by atoms with Crippen LogP contribution in [0.3, 0.4) is 0 Å². The summed E-state index contributed by atoms with van der Waals surface area (Å²) in [7, 11) is -3.60. The molecule has 1 saturated heterocycles. The number of phenolic OH excluding ortho intramolecular Hbond substituents is 2. The number of anilines is 1. The van der Waals surface area contributed by atoms with Gasteiger partial charge in [-0.3, -0.25) is 4.31 Å². The van der Waals surface area contributed by atoms with Crippen molar-refractivity contribution in [3.63, 3.8) is 0 Å². The first-order chi connectivity index (χ1) is 14.4. The van der Waals surface area contributed by atoms with Crippen molar-refractivity contribution >= 4 is 15.7 Å². The molecule has 0 aromatic heterocycles. The minimum absolute atomic E-state index is 0.0856. The molecule has 0 radical (unpaired) electrons. The first-order valence-electron chi connectivity index (χ1n) is 9.72. The van der Waals surface area contributed by atoms with Gasteiger partial charge < -0.3 is 10.2 Å². The van der Waals surface area contributed by atoms with Crippen molar-refractivity contribution in [3.8, 4) is 11.5 Å². The van der Waals surface area contributed by atoms with Gasteiger partial charge in [-0.05, 0) is 61.2 Å². The Kier molecular flexibility index (Phi) is 5.39. The number of nitrogens with zero attached hydrogens (tertiary/aromatic N) is 1. The summed E-state index contributed by atoms with van der Waals surface area (Å²) < 4.78 is 40.7. The third-order valence-corrected chi connectivity index (χ3v) is 7.72. The molecule has 3 aromatic rings. The number of rotatable bonds is 6. The highest BCUT2D eigenvalue weighted by Crippen LogP contribution is 2.49. The molecule has 0 spiro atoms. The lowest BCUT2D eigenvalue weighted by atomic mass is 9.96. The highest BCUT2D eigenvalue weighted by atomic mass is 32.2. The van der Waals surface area contributed by atoms with Crippen molar-refractivity contribution in [2.24, 2.45) is 0 Å². The molecule has 1 aliphatic heterocycles. The molecule has 1 fully saturated rings. The fraction of sp³-hybridized carbons (Fsp3) is 0.217. The summed E-state index contributed by atoms with van der Waals surface area (Å²) >= 11 is 0. The van der Waals surface area contributed by atoms with Gasteiger partial charge in [0.15, 0.2) is 0 Å². The van der Waals surface area contributed by atoms with Crippen LogP contribution in [-0.4, -0.2) is 23.9 Å². The Hall–Kier alpha value is -3.06. The van der Waals surface area contributed by atoms with Crippen LogP contribution < -0.4 is 4.31 Å². The van der Waals surface area contributed by atoms with E-state index in [1.54, 1.807) is 42.5 Å². The Morgan fingerprint density at radius 3 is 2.30 bits per heavy atom. The lowest BCUT2D eigenvalue weighted by molar-refractivity contribution is 0.427. The SMILES string of the molecule is O=S1(=O)C(CCCc2ccc(F)cc2)C(c2ccc(O)cc2O)N1c1ccccc1. The van der Waals surface area contributed by atoms with Crippen molar-refractivity contribution in [2.45, 2.75) is 30.6 Å². The normalized spacial score (nSPS) is 20.0. The zero-order valence-corrected chi connectivity index (χ0v) is 17.0. The first kappa shape index (κ1) is 20.2. The second-order valence-corrected chi connectivity index (χ2v) is 9.45. The number of para-hydroxylation sites is 1. The van der Waals surface area contributed by atoms with Crippen LogP contribution in [0.2, 0.25) is 0 Å². The molecule has 156 valence electrons. The monoisotopic (exact) mass is 427 g/mol. The number of sulfonamides is 1. The lowest BCUT2D eigenvalue weighted by Gasteiger charge is -2.48. The maximum Gasteiger partial charge on any atom is 0.241 e. The summed E-state index contributed by atoms with van der Waals surface area (Å²) in [5.74, 6) is -0.529. The molecule has 7 heteroatoms. The van der Waals surface area contributed by atoms with Crippen LogP contribution >= 0.6 is 0 Å². The molecule has 0 bridgehead atoms. The van der Waals surface area contributed by atoms with Gasteiger partial charge in [0, 0.05) is 11.6 Å². The zero-order chi connectivity index (χ0) is 21.3. The van der Waals surface area contributed by atoms with Gasteiger partial charge in [0.25, 0.3) is 0 Å². The Morgan fingerprint density at radius 2 is 1.63 bits per heavy atom. The van der Waals surface area contributed by atoms with Gasteiger partial charge in [-0.25, -0.2) is 12.8 Å². The van der Waals surface area contributed by atoms with Crippen LogP contribution in [0.15, 0.2) is 72.8 Å². The smallest absolute Gasteiger partial charge is 0.241 e. The van der Waals surface area contributed by atoms with Crippen molar-refractivity contribution in [1.82, 2.24) is 0 Å². The topological polar surface area (TPSA) is 77.8 Å². The molecule has 0 aliphatic carbocycles. The summed E-state index contributed by atoms with van der Waals surface area (Å²) in [4.78, 5) is 0. The average molecular weight is 427 g/mol. The van der Waals surface area contributed by atoms with Gasteiger partial charge in [-0.2, -0.15) is 0 Å². The Balaban J connectivity index is 1.61. The molecule has 4 rings (SSSR count). The predicted molar refractivity (Wildman–Crippen MR) is 113 cm³/mol. The Morgan fingerprint density at radius 1 is 0.933 bits per heavy atom. The number of phenols is 2. The Labute approximate surface area is 175 Å². The number of halogens is 1. The van der Waals surface area contributed by atoms with Gasteiger partial charge in [-0.1, -0.05) is 30.3 Å². The van der Waals surface area contributed by atoms with E-state index in [1.807, 2.05) is 6.07 Å². The molecule has 1 heterocycles. The third kappa shape index (κ3) is 3.73. The molecule has 2 unspecified atom stereocenters. The molecule has 2 atom stereocenters. The van der Waals surface area contributed by atoms with Crippen LogP contribution in [0.5, 0.6) is 11.5 Å². The van der Waals surface area contributed by atoms with E-state index < -0.39 is 21.3 Å². The maximum absolute atomic E-state index is 13.1. The second-order valence-electron chi connectivity index (χ2n) is 7.42. The van der Waals surface area contributed by atoms with E-state index in [0.717, 1.165) is 5.56 Å². The molecule has 30 heavy (non-hydrogen) atoms. The fourth-order valence-corrected chi connectivity index (χ4v) is 6.16. The molecule has 1 aliphatic rings. The van der Waals surface area contributed by atoms with Gasteiger partial charge in [-0.15, -0.1) is 0 Å². The van der Waals surface area contributed by atoms with Crippen molar-refractivity contribution in [3.05, 3.63) is 89.7 Å². The summed E-state index contributed by atoms with van der Waals surface area (Å²) in [5.41, 5.74) is 1.93. The van der Waals surface area contributed by atoms with Gasteiger partial charge in [0.1, 0.15) is 22.6 Å². The van der Waals surface area contributed by atoms with Crippen LogP contribution in [0.4, 0.5) is 10.1 Å². The van der Waals surface area contributed by atoms with Gasteiger partial charge >= 0.3 is 0 Å². The van der Waals surface area contributed by atoms with E-state index in [0.29, 0.717) is 30.5 Å². The average Bonchev–Trinajstić information content (AvgIpc) is 2.72. The van der Waals surface area contributed by atoms with Crippen LogP contribution in [-0.2, 0) is 16.4 Å². The summed E-state index contributed by atoms with van der Waals surface area (Å²) in [6, 6.07) is 18.6. The number of benzene rings is 3. The van der Waals surface area contributed by atoms with Gasteiger partial charge in [0.2, 0.25) is 10.0 Å². The highest BCUT2D eigenvalue weighted by Gasteiger charge is 2.54. The molecular formula is C23H22FNO4S. The molecule has 2 N–H and O–H groups in total. The van der Waals surface area contributed by atoms with Crippen molar-refractivity contribution in [2.75, 3.05) is 4.31 Å². The van der Waals surface area contributed by atoms with Crippen LogP contribution in [0.25, 0.3) is 0 Å². The zero-order valence-electron chi connectivity index (χ0n) is 16.1. The number of aryl methyl sites for hydroxylation is 1. The quantitative estimate of drug-likeness (QED) is 0.606. The van der Waals surface area contributed by atoms with Crippen molar-refractivity contribution < 1.29 is 23.0 Å².